The topological polar surface area (TPSA) is 47.6 Å². The van der Waals surface area contributed by atoms with Gasteiger partial charge in [-0.05, 0) is 43.7 Å². The smallest absolute Gasteiger partial charge is 0.261 e. The minimum Gasteiger partial charge on any atom is -0.492 e. The van der Waals surface area contributed by atoms with Crippen LogP contribution in [0.1, 0.15) is 18.9 Å². The molecule has 0 saturated carbocycles. The molecular weight excluding hydrogens is 326 g/mol. The van der Waals surface area contributed by atoms with Crippen LogP contribution >= 0.6 is 11.6 Å². The first kappa shape index (κ1) is 18.1. The van der Waals surface area contributed by atoms with Crippen molar-refractivity contribution < 1.29 is 14.3 Å². The van der Waals surface area contributed by atoms with Crippen LogP contribution in [0.25, 0.3) is 0 Å². The van der Waals surface area contributed by atoms with Gasteiger partial charge in [-0.2, -0.15) is 0 Å². The van der Waals surface area contributed by atoms with Gasteiger partial charge in [-0.15, -0.1) is 0 Å². The van der Waals surface area contributed by atoms with Crippen molar-refractivity contribution in [2.24, 2.45) is 0 Å². The van der Waals surface area contributed by atoms with Crippen molar-refractivity contribution in [3.8, 4) is 11.5 Å². The predicted octanol–water partition coefficient (Wildman–Crippen LogP) is 4.00. The van der Waals surface area contributed by atoms with Gasteiger partial charge in [0, 0.05) is 5.02 Å². The largest absolute Gasteiger partial charge is 0.492 e. The summed E-state index contributed by atoms with van der Waals surface area (Å²) in [6.45, 7) is 4.75. The van der Waals surface area contributed by atoms with Gasteiger partial charge in [-0.25, -0.2) is 0 Å². The molecule has 0 unspecified atom stereocenters. The van der Waals surface area contributed by atoms with Gasteiger partial charge in [0.25, 0.3) is 5.91 Å². The summed E-state index contributed by atoms with van der Waals surface area (Å²) < 4.78 is 11.3. The summed E-state index contributed by atoms with van der Waals surface area (Å²) in [6.07, 6.45) is 0.0137. The van der Waals surface area contributed by atoms with Gasteiger partial charge in [0.1, 0.15) is 18.1 Å². The standard InChI is InChI=1S/C19H22ClNO3/c1-3-18(24-17-6-4-5-15(20)13-17)19(22)21-11-12-23-16-9-7-14(2)8-10-16/h4-10,13,18H,3,11-12H2,1-2H3,(H,21,22)/t18-/m0/s1. The van der Waals surface area contributed by atoms with E-state index in [1.807, 2.05) is 38.1 Å². The number of amides is 1. The van der Waals surface area contributed by atoms with Crippen LogP contribution in [-0.2, 0) is 4.79 Å². The van der Waals surface area contributed by atoms with E-state index in [9.17, 15) is 4.79 Å². The van der Waals surface area contributed by atoms with Crippen LogP contribution in [0.3, 0.4) is 0 Å². The number of carbonyl (C=O) groups is 1. The van der Waals surface area contributed by atoms with Crippen molar-refractivity contribution in [3.05, 3.63) is 59.1 Å². The first-order valence-corrected chi connectivity index (χ1v) is 8.35. The Bertz CT molecular complexity index is 658. The molecule has 5 heteroatoms. The van der Waals surface area contributed by atoms with E-state index in [0.29, 0.717) is 30.3 Å². The van der Waals surface area contributed by atoms with Crippen molar-refractivity contribution in [1.29, 1.82) is 0 Å². The van der Waals surface area contributed by atoms with Crippen LogP contribution in [0.5, 0.6) is 11.5 Å². The molecular formula is C19H22ClNO3. The SMILES string of the molecule is CC[C@H](Oc1cccc(Cl)c1)C(=O)NCCOc1ccc(C)cc1. The summed E-state index contributed by atoms with van der Waals surface area (Å²) in [7, 11) is 0. The van der Waals surface area contributed by atoms with Gasteiger partial charge < -0.3 is 14.8 Å². The zero-order valence-corrected chi connectivity index (χ0v) is 14.7. The van der Waals surface area contributed by atoms with Crippen LogP contribution in [0, 0.1) is 6.92 Å². The van der Waals surface area contributed by atoms with Crippen molar-refractivity contribution in [1.82, 2.24) is 5.32 Å². The number of halogens is 1. The van der Waals surface area contributed by atoms with Crippen molar-refractivity contribution in [3.63, 3.8) is 0 Å². The molecule has 1 amide bonds. The molecule has 1 atom stereocenters. The molecule has 0 radical (unpaired) electrons. The number of aryl methyl sites for hydroxylation is 1. The van der Waals surface area contributed by atoms with Gasteiger partial charge in [-0.3, -0.25) is 4.79 Å². The fourth-order valence-corrected chi connectivity index (χ4v) is 2.30. The maximum Gasteiger partial charge on any atom is 0.261 e. The van der Waals surface area contributed by atoms with Crippen LogP contribution in [0.15, 0.2) is 48.5 Å². The quantitative estimate of drug-likeness (QED) is 0.734. The minimum atomic E-state index is -0.553. The summed E-state index contributed by atoms with van der Waals surface area (Å²) >= 11 is 5.92. The average molecular weight is 348 g/mol. The summed E-state index contributed by atoms with van der Waals surface area (Å²) in [6, 6.07) is 14.8. The molecule has 0 aliphatic heterocycles. The summed E-state index contributed by atoms with van der Waals surface area (Å²) in [5.74, 6) is 1.21. The van der Waals surface area contributed by atoms with E-state index in [2.05, 4.69) is 5.32 Å². The molecule has 2 aromatic carbocycles. The van der Waals surface area contributed by atoms with E-state index in [0.717, 1.165) is 5.75 Å². The van der Waals surface area contributed by atoms with Gasteiger partial charge >= 0.3 is 0 Å². The Morgan fingerprint density at radius 3 is 2.58 bits per heavy atom. The molecule has 0 aliphatic carbocycles. The van der Waals surface area contributed by atoms with Crippen LogP contribution in [0.4, 0.5) is 0 Å². The Hall–Kier alpha value is -2.20. The zero-order valence-electron chi connectivity index (χ0n) is 13.9. The number of ether oxygens (including phenoxy) is 2. The highest BCUT2D eigenvalue weighted by atomic mass is 35.5. The molecule has 0 bridgehead atoms. The first-order valence-electron chi connectivity index (χ1n) is 7.98. The zero-order chi connectivity index (χ0) is 17.4. The molecule has 24 heavy (non-hydrogen) atoms. The molecule has 1 N–H and O–H groups in total. The van der Waals surface area contributed by atoms with Crippen molar-refractivity contribution >= 4 is 17.5 Å². The Morgan fingerprint density at radius 1 is 1.17 bits per heavy atom. The number of benzene rings is 2. The molecule has 2 aromatic rings. The molecule has 0 heterocycles. The first-order chi connectivity index (χ1) is 11.6. The fraction of sp³-hybridized carbons (Fsp3) is 0.316. The summed E-state index contributed by atoms with van der Waals surface area (Å²) in [5, 5.41) is 3.41. The monoisotopic (exact) mass is 347 g/mol. The van der Waals surface area contributed by atoms with E-state index in [4.69, 9.17) is 21.1 Å². The summed E-state index contributed by atoms with van der Waals surface area (Å²) in [5.41, 5.74) is 1.18. The van der Waals surface area contributed by atoms with Crippen molar-refractivity contribution in [2.75, 3.05) is 13.2 Å². The van der Waals surface area contributed by atoms with E-state index in [1.54, 1.807) is 24.3 Å². The average Bonchev–Trinajstić information content (AvgIpc) is 2.58. The van der Waals surface area contributed by atoms with Crippen molar-refractivity contribution in [2.45, 2.75) is 26.4 Å². The number of nitrogens with one attached hydrogen (secondary N) is 1. The number of hydrogen-bond donors (Lipinski definition) is 1. The minimum absolute atomic E-state index is 0.162. The lowest BCUT2D eigenvalue weighted by Gasteiger charge is -2.17. The van der Waals surface area contributed by atoms with Gasteiger partial charge in [0.2, 0.25) is 0 Å². The third-order valence-corrected chi connectivity index (χ3v) is 3.66. The second-order valence-corrected chi connectivity index (χ2v) is 5.86. The molecule has 0 saturated heterocycles. The normalized spacial score (nSPS) is 11.6. The number of carbonyl (C=O) groups excluding carboxylic acids is 1. The highest BCUT2D eigenvalue weighted by molar-refractivity contribution is 6.30. The lowest BCUT2D eigenvalue weighted by Crippen LogP contribution is -2.39. The Kier molecular flexibility index (Phi) is 6.94. The molecule has 2 rings (SSSR count). The lowest BCUT2D eigenvalue weighted by atomic mass is 10.2. The maximum atomic E-state index is 12.2. The highest BCUT2D eigenvalue weighted by Gasteiger charge is 2.17. The number of hydrogen-bond acceptors (Lipinski definition) is 3. The second-order valence-electron chi connectivity index (χ2n) is 5.42. The maximum absolute atomic E-state index is 12.2. The third-order valence-electron chi connectivity index (χ3n) is 3.43. The van der Waals surface area contributed by atoms with E-state index < -0.39 is 6.10 Å². The van der Waals surface area contributed by atoms with Crippen LogP contribution < -0.4 is 14.8 Å². The molecule has 4 nitrogen and oxygen atoms in total. The Labute approximate surface area is 147 Å². The second kappa shape index (κ2) is 9.18. The Balaban J connectivity index is 1.76. The van der Waals surface area contributed by atoms with Crippen LogP contribution in [-0.4, -0.2) is 25.2 Å². The van der Waals surface area contributed by atoms with Gasteiger partial charge in [0.05, 0.1) is 6.54 Å². The fourth-order valence-electron chi connectivity index (χ4n) is 2.12. The van der Waals surface area contributed by atoms with E-state index >= 15 is 0 Å². The summed E-state index contributed by atoms with van der Waals surface area (Å²) in [4.78, 5) is 12.2. The Morgan fingerprint density at radius 2 is 1.92 bits per heavy atom. The highest BCUT2D eigenvalue weighted by Crippen LogP contribution is 2.19. The van der Waals surface area contributed by atoms with Crippen LogP contribution in [0.2, 0.25) is 5.02 Å². The van der Waals surface area contributed by atoms with E-state index in [1.165, 1.54) is 5.56 Å². The van der Waals surface area contributed by atoms with Gasteiger partial charge in [0.15, 0.2) is 6.10 Å². The molecule has 0 spiro atoms. The van der Waals surface area contributed by atoms with Gasteiger partial charge in [-0.1, -0.05) is 42.3 Å². The molecule has 128 valence electrons. The third kappa shape index (κ3) is 5.78. The lowest BCUT2D eigenvalue weighted by molar-refractivity contribution is -0.128. The van der Waals surface area contributed by atoms with E-state index in [-0.39, 0.29) is 5.91 Å². The number of rotatable bonds is 8. The predicted molar refractivity (Wildman–Crippen MR) is 95.8 cm³/mol. The molecule has 0 fully saturated rings. The molecule has 0 aliphatic rings. The molecule has 0 aromatic heterocycles.